The van der Waals surface area contributed by atoms with Crippen molar-refractivity contribution in [2.24, 2.45) is 7.05 Å². The molecule has 1 aliphatic heterocycles. The Hall–Kier alpha value is -2.73. The summed E-state index contributed by atoms with van der Waals surface area (Å²) in [5.41, 5.74) is 3.64. The quantitative estimate of drug-likeness (QED) is 0.519. The molecule has 3 rings (SSSR count). The molecular weight excluding hydrogens is 322 g/mol. The lowest BCUT2D eigenvalue weighted by molar-refractivity contribution is -0.122. The molecule has 2 amide bonds. The number of hydrogen-bond donors (Lipinski definition) is 1. The number of hydrogen-bond acceptors (Lipinski definition) is 3. The van der Waals surface area contributed by atoms with Gasteiger partial charge in [0.05, 0.1) is 5.69 Å². The van der Waals surface area contributed by atoms with Gasteiger partial charge in [0.2, 0.25) is 0 Å². The zero-order valence-corrected chi connectivity index (χ0v) is 14.5. The Kier molecular flexibility index (Phi) is 4.07. The molecule has 122 valence electrons. The SMILES string of the molecule is Cc1ccc(N2C(=O)C(=Cc3cccn3C)C(=O)NC2=S)cc1C. The summed E-state index contributed by atoms with van der Waals surface area (Å²) in [6.45, 7) is 3.97. The van der Waals surface area contributed by atoms with Crippen molar-refractivity contribution in [2.45, 2.75) is 13.8 Å². The van der Waals surface area contributed by atoms with Crippen LogP contribution < -0.4 is 10.2 Å². The number of anilines is 1. The van der Waals surface area contributed by atoms with Gasteiger partial charge in [0, 0.05) is 18.9 Å². The average Bonchev–Trinajstić information content (AvgIpc) is 2.92. The van der Waals surface area contributed by atoms with Crippen molar-refractivity contribution in [3.8, 4) is 0 Å². The van der Waals surface area contributed by atoms with E-state index in [2.05, 4.69) is 5.32 Å². The van der Waals surface area contributed by atoms with E-state index < -0.39 is 11.8 Å². The molecule has 5 nitrogen and oxygen atoms in total. The number of aryl methyl sites for hydroxylation is 3. The predicted octanol–water partition coefficient (Wildman–Crippen LogP) is 2.47. The first kappa shape index (κ1) is 16.1. The van der Waals surface area contributed by atoms with Crippen molar-refractivity contribution in [1.29, 1.82) is 0 Å². The van der Waals surface area contributed by atoms with Crippen LogP contribution in [0.1, 0.15) is 16.8 Å². The molecule has 24 heavy (non-hydrogen) atoms. The van der Waals surface area contributed by atoms with Gasteiger partial charge in [-0.25, -0.2) is 0 Å². The molecule has 0 aliphatic carbocycles. The topological polar surface area (TPSA) is 54.3 Å². The molecule has 2 heterocycles. The highest BCUT2D eigenvalue weighted by Crippen LogP contribution is 2.24. The van der Waals surface area contributed by atoms with E-state index >= 15 is 0 Å². The number of amides is 2. The molecule has 0 spiro atoms. The number of rotatable bonds is 2. The molecule has 1 saturated heterocycles. The first-order valence-electron chi connectivity index (χ1n) is 7.48. The summed E-state index contributed by atoms with van der Waals surface area (Å²) in [5, 5.41) is 2.69. The molecule has 0 atom stereocenters. The van der Waals surface area contributed by atoms with E-state index in [9.17, 15) is 9.59 Å². The van der Waals surface area contributed by atoms with Crippen LogP contribution >= 0.6 is 12.2 Å². The Balaban J connectivity index is 2.04. The monoisotopic (exact) mass is 339 g/mol. The molecule has 2 aromatic rings. The Morgan fingerprint density at radius 1 is 1.12 bits per heavy atom. The smallest absolute Gasteiger partial charge is 0.270 e. The Bertz CT molecular complexity index is 895. The molecule has 0 radical (unpaired) electrons. The third kappa shape index (κ3) is 2.76. The third-order valence-corrected chi connectivity index (χ3v) is 4.41. The number of aromatic nitrogens is 1. The minimum atomic E-state index is -0.480. The van der Waals surface area contributed by atoms with Crippen molar-refractivity contribution >= 4 is 40.9 Å². The summed E-state index contributed by atoms with van der Waals surface area (Å²) in [7, 11) is 1.85. The van der Waals surface area contributed by atoms with Gasteiger partial charge in [-0.2, -0.15) is 0 Å². The second-order valence-corrected chi connectivity index (χ2v) is 6.16. The van der Waals surface area contributed by atoms with Crippen LogP contribution in [-0.4, -0.2) is 21.5 Å². The number of carbonyl (C=O) groups excluding carboxylic acids is 2. The van der Waals surface area contributed by atoms with Crippen molar-refractivity contribution in [1.82, 2.24) is 9.88 Å². The first-order chi connectivity index (χ1) is 11.4. The van der Waals surface area contributed by atoms with Crippen LogP contribution in [0.15, 0.2) is 42.1 Å². The molecule has 6 heteroatoms. The Labute approximate surface area is 145 Å². The molecule has 1 N–H and O–H groups in total. The van der Waals surface area contributed by atoms with Gasteiger partial charge < -0.3 is 4.57 Å². The van der Waals surface area contributed by atoms with E-state index in [4.69, 9.17) is 12.2 Å². The number of benzene rings is 1. The van der Waals surface area contributed by atoms with E-state index in [0.717, 1.165) is 16.8 Å². The van der Waals surface area contributed by atoms with Gasteiger partial charge in [-0.15, -0.1) is 0 Å². The van der Waals surface area contributed by atoms with Crippen LogP contribution in [0.25, 0.3) is 6.08 Å². The highest BCUT2D eigenvalue weighted by Gasteiger charge is 2.34. The predicted molar refractivity (Wildman–Crippen MR) is 97.5 cm³/mol. The minimum Gasteiger partial charge on any atom is -0.351 e. The normalized spacial score (nSPS) is 16.7. The largest absolute Gasteiger partial charge is 0.351 e. The van der Waals surface area contributed by atoms with Gasteiger partial charge in [0.25, 0.3) is 11.8 Å². The molecule has 0 unspecified atom stereocenters. The Morgan fingerprint density at radius 3 is 2.50 bits per heavy atom. The molecule has 1 aliphatic rings. The summed E-state index contributed by atoms with van der Waals surface area (Å²) < 4.78 is 1.83. The molecular formula is C18H17N3O2S. The minimum absolute atomic E-state index is 0.0589. The molecule has 1 aromatic carbocycles. The summed E-state index contributed by atoms with van der Waals surface area (Å²) >= 11 is 5.21. The fraction of sp³-hybridized carbons (Fsp3) is 0.167. The average molecular weight is 339 g/mol. The van der Waals surface area contributed by atoms with Crippen LogP contribution in [0.2, 0.25) is 0 Å². The highest BCUT2D eigenvalue weighted by atomic mass is 32.1. The highest BCUT2D eigenvalue weighted by molar-refractivity contribution is 7.80. The Morgan fingerprint density at radius 2 is 1.88 bits per heavy atom. The lowest BCUT2D eigenvalue weighted by atomic mass is 10.1. The van der Waals surface area contributed by atoms with Gasteiger partial charge in [-0.1, -0.05) is 6.07 Å². The first-order valence-corrected chi connectivity index (χ1v) is 7.89. The van der Waals surface area contributed by atoms with Crippen molar-refractivity contribution in [2.75, 3.05) is 4.90 Å². The fourth-order valence-corrected chi connectivity index (χ4v) is 2.81. The molecule has 0 saturated carbocycles. The maximum atomic E-state index is 12.9. The maximum absolute atomic E-state index is 12.9. The molecule has 1 aromatic heterocycles. The lowest BCUT2D eigenvalue weighted by Crippen LogP contribution is -2.54. The number of thiocarbonyl (C=S) groups is 1. The second-order valence-electron chi connectivity index (χ2n) is 5.77. The van der Waals surface area contributed by atoms with Crippen LogP contribution in [0.3, 0.4) is 0 Å². The van der Waals surface area contributed by atoms with Crippen LogP contribution in [0, 0.1) is 13.8 Å². The second kappa shape index (κ2) is 6.05. The fourth-order valence-electron chi connectivity index (χ4n) is 2.53. The van der Waals surface area contributed by atoms with E-state index in [1.54, 1.807) is 6.08 Å². The van der Waals surface area contributed by atoms with E-state index in [1.807, 2.05) is 62.0 Å². The lowest BCUT2D eigenvalue weighted by Gasteiger charge is -2.29. The standard InChI is InChI=1S/C18H17N3O2S/c1-11-6-7-14(9-12(11)2)21-17(23)15(16(22)19-18(21)24)10-13-5-4-8-20(13)3/h4-10H,1-3H3,(H,19,22,24). The number of nitrogens with zero attached hydrogens (tertiary/aromatic N) is 2. The molecule has 0 bridgehead atoms. The van der Waals surface area contributed by atoms with E-state index in [1.165, 1.54) is 4.90 Å². The maximum Gasteiger partial charge on any atom is 0.270 e. The van der Waals surface area contributed by atoms with Gasteiger partial charge in [0.15, 0.2) is 5.11 Å². The molecule has 1 fully saturated rings. The van der Waals surface area contributed by atoms with Gasteiger partial charge in [-0.05, 0) is 67.5 Å². The van der Waals surface area contributed by atoms with Crippen LogP contribution in [-0.2, 0) is 16.6 Å². The van der Waals surface area contributed by atoms with Crippen molar-refractivity contribution in [3.05, 3.63) is 58.9 Å². The van der Waals surface area contributed by atoms with Crippen molar-refractivity contribution in [3.63, 3.8) is 0 Å². The number of nitrogens with one attached hydrogen (secondary N) is 1. The van der Waals surface area contributed by atoms with Gasteiger partial charge >= 0.3 is 0 Å². The van der Waals surface area contributed by atoms with E-state index in [-0.39, 0.29) is 10.7 Å². The van der Waals surface area contributed by atoms with Crippen molar-refractivity contribution < 1.29 is 9.59 Å². The zero-order chi connectivity index (χ0) is 17.4. The van der Waals surface area contributed by atoms with Crippen LogP contribution in [0.5, 0.6) is 0 Å². The van der Waals surface area contributed by atoms with Crippen LogP contribution in [0.4, 0.5) is 5.69 Å². The zero-order valence-electron chi connectivity index (χ0n) is 13.7. The van der Waals surface area contributed by atoms with Gasteiger partial charge in [-0.3, -0.25) is 19.8 Å². The summed E-state index contributed by atoms with van der Waals surface area (Å²) in [6.07, 6.45) is 3.43. The summed E-state index contributed by atoms with van der Waals surface area (Å²) in [4.78, 5) is 26.5. The summed E-state index contributed by atoms with van der Waals surface area (Å²) in [5.74, 6) is -0.903. The summed E-state index contributed by atoms with van der Waals surface area (Å²) in [6, 6.07) is 9.32. The van der Waals surface area contributed by atoms with E-state index in [0.29, 0.717) is 5.69 Å². The number of carbonyl (C=O) groups is 2. The third-order valence-electron chi connectivity index (χ3n) is 4.13. The van der Waals surface area contributed by atoms with Gasteiger partial charge in [0.1, 0.15) is 5.57 Å².